The van der Waals surface area contributed by atoms with Crippen LogP contribution >= 0.6 is 0 Å². The van der Waals surface area contributed by atoms with Crippen molar-refractivity contribution in [1.29, 1.82) is 0 Å². The summed E-state index contributed by atoms with van der Waals surface area (Å²) in [6.07, 6.45) is 3.35. The number of amides is 3. The van der Waals surface area contributed by atoms with E-state index in [-0.39, 0.29) is 23.5 Å². The highest BCUT2D eigenvalue weighted by atomic mass is 16.2. The van der Waals surface area contributed by atoms with Gasteiger partial charge in [-0.1, -0.05) is 6.58 Å². The summed E-state index contributed by atoms with van der Waals surface area (Å²) >= 11 is 0. The van der Waals surface area contributed by atoms with Gasteiger partial charge < -0.3 is 15.5 Å². The first kappa shape index (κ1) is 16.5. The van der Waals surface area contributed by atoms with Crippen LogP contribution in [0.2, 0.25) is 0 Å². The standard InChI is InChI=1S/C15H27N3O2/c1-6-13(19)18-9-7-8-12(10-18)11(2)16-14(20)17-15(3,4)5/h6,11-12H,1,7-10H2,2-5H3,(H2,16,17,20)/t11-,12+/m0/s1. The van der Waals surface area contributed by atoms with Gasteiger partial charge in [0.1, 0.15) is 0 Å². The van der Waals surface area contributed by atoms with E-state index in [4.69, 9.17) is 0 Å². The highest BCUT2D eigenvalue weighted by molar-refractivity contribution is 5.87. The fourth-order valence-electron chi connectivity index (χ4n) is 2.45. The van der Waals surface area contributed by atoms with Crippen LogP contribution < -0.4 is 10.6 Å². The van der Waals surface area contributed by atoms with E-state index in [9.17, 15) is 9.59 Å². The molecule has 20 heavy (non-hydrogen) atoms. The van der Waals surface area contributed by atoms with E-state index in [0.29, 0.717) is 12.5 Å². The van der Waals surface area contributed by atoms with E-state index < -0.39 is 0 Å². The lowest BCUT2D eigenvalue weighted by Gasteiger charge is -2.36. The van der Waals surface area contributed by atoms with Crippen molar-refractivity contribution in [3.63, 3.8) is 0 Å². The van der Waals surface area contributed by atoms with Gasteiger partial charge in [-0.3, -0.25) is 4.79 Å². The van der Waals surface area contributed by atoms with Gasteiger partial charge in [0.05, 0.1) is 0 Å². The van der Waals surface area contributed by atoms with Gasteiger partial charge in [0.15, 0.2) is 0 Å². The molecule has 3 amide bonds. The van der Waals surface area contributed by atoms with Gasteiger partial charge >= 0.3 is 6.03 Å². The normalized spacial score (nSPS) is 21.0. The molecule has 0 aromatic heterocycles. The third-order valence-corrected chi connectivity index (χ3v) is 3.50. The van der Waals surface area contributed by atoms with Crippen LogP contribution in [-0.2, 0) is 4.79 Å². The summed E-state index contributed by atoms with van der Waals surface area (Å²) in [5.41, 5.74) is -0.249. The molecule has 0 aromatic rings. The second-order valence-electron chi connectivity index (χ2n) is 6.53. The second kappa shape index (κ2) is 6.77. The first-order valence-corrected chi connectivity index (χ1v) is 7.23. The number of carbonyl (C=O) groups excluding carboxylic acids is 2. The van der Waals surface area contributed by atoms with Crippen LogP contribution in [0.5, 0.6) is 0 Å². The minimum Gasteiger partial charge on any atom is -0.339 e. The lowest BCUT2D eigenvalue weighted by Crippen LogP contribution is -2.53. The molecule has 114 valence electrons. The number of nitrogens with zero attached hydrogens (tertiary/aromatic N) is 1. The van der Waals surface area contributed by atoms with Crippen LogP contribution in [0, 0.1) is 5.92 Å². The molecule has 5 nitrogen and oxygen atoms in total. The first-order chi connectivity index (χ1) is 9.23. The van der Waals surface area contributed by atoms with E-state index >= 15 is 0 Å². The van der Waals surface area contributed by atoms with Crippen molar-refractivity contribution in [2.24, 2.45) is 5.92 Å². The molecule has 0 spiro atoms. The highest BCUT2D eigenvalue weighted by Crippen LogP contribution is 2.20. The van der Waals surface area contributed by atoms with Crippen molar-refractivity contribution in [2.75, 3.05) is 13.1 Å². The molecule has 0 bridgehead atoms. The third kappa shape index (κ3) is 5.23. The van der Waals surface area contributed by atoms with Crippen molar-refractivity contribution in [1.82, 2.24) is 15.5 Å². The summed E-state index contributed by atoms with van der Waals surface area (Å²) in [6, 6.07) is -0.116. The molecule has 0 saturated carbocycles. The lowest BCUT2D eigenvalue weighted by molar-refractivity contribution is -0.127. The van der Waals surface area contributed by atoms with E-state index in [1.165, 1.54) is 6.08 Å². The minimum absolute atomic E-state index is 0.0268. The van der Waals surface area contributed by atoms with Gasteiger partial charge in [0.2, 0.25) is 5.91 Å². The number of piperidine rings is 1. The zero-order chi connectivity index (χ0) is 15.3. The van der Waals surface area contributed by atoms with Gasteiger partial charge in [-0.05, 0) is 52.5 Å². The Labute approximate surface area is 121 Å². The first-order valence-electron chi connectivity index (χ1n) is 7.23. The van der Waals surface area contributed by atoms with Crippen molar-refractivity contribution in [3.8, 4) is 0 Å². The average Bonchev–Trinajstić information content (AvgIpc) is 2.35. The van der Waals surface area contributed by atoms with Crippen molar-refractivity contribution < 1.29 is 9.59 Å². The molecule has 1 saturated heterocycles. The Bertz CT molecular complexity index is 374. The van der Waals surface area contributed by atoms with E-state index in [1.54, 1.807) is 4.90 Å². The Hall–Kier alpha value is -1.52. The molecule has 1 aliphatic rings. The van der Waals surface area contributed by atoms with Crippen LogP contribution in [0.15, 0.2) is 12.7 Å². The van der Waals surface area contributed by atoms with Crippen LogP contribution in [0.4, 0.5) is 4.79 Å². The maximum atomic E-state index is 11.9. The fraction of sp³-hybridized carbons (Fsp3) is 0.733. The summed E-state index contributed by atoms with van der Waals surface area (Å²) in [5, 5.41) is 5.86. The van der Waals surface area contributed by atoms with Crippen LogP contribution in [0.1, 0.15) is 40.5 Å². The van der Waals surface area contributed by atoms with E-state index in [0.717, 1.165) is 19.4 Å². The van der Waals surface area contributed by atoms with Crippen molar-refractivity contribution in [3.05, 3.63) is 12.7 Å². The quantitative estimate of drug-likeness (QED) is 0.776. The molecule has 0 radical (unpaired) electrons. The molecule has 2 N–H and O–H groups in total. The highest BCUT2D eigenvalue weighted by Gasteiger charge is 2.27. The average molecular weight is 281 g/mol. The topological polar surface area (TPSA) is 61.4 Å². The minimum atomic E-state index is -0.249. The fourth-order valence-corrected chi connectivity index (χ4v) is 2.45. The zero-order valence-electron chi connectivity index (χ0n) is 13.0. The molecule has 5 heteroatoms. The maximum absolute atomic E-state index is 11.9. The summed E-state index contributed by atoms with van der Waals surface area (Å²) in [7, 11) is 0. The predicted octanol–water partition coefficient (Wildman–Crippen LogP) is 1.90. The third-order valence-electron chi connectivity index (χ3n) is 3.50. The molecule has 0 aliphatic carbocycles. The smallest absolute Gasteiger partial charge is 0.315 e. The maximum Gasteiger partial charge on any atom is 0.315 e. The number of likely N-dealkylation sites (tertiary alicyclic amines) is 1. The summed E-state index contributed by atoms with van der Waals surface area (Å²) < 4.78 is 0. The summed E-state index contributed by atoms with van der Waals surface area (Å²) in [6.45, 7) is 12.8. The number of urea groups is 1. The Balaban J connectivity index is 2.50. The molecule has 1 rings (SSSR count). The molecule has 1 fully saturated rings. The molecular weight excluding hydrogens is 254 g/mol. The van der Waals surface area contributed by atoms with E-state index in [1.807, 2.05) is 27.7 Å². The van der Waals surface area contributed by atoms with Crippen LogP contribution in [0.3, 0.4) is 0 Å². The molecule has 2 atom stereocenters. The molecular formula is C15H27N3O2. The summed E-state index contributed by atoms with van der Waals surface area (Å²) in [5.74, 6) is 0.263. The number of rotatable bonds is 3. The molecule has 1 heterocycles. The van der Waals surface area contributed by atoms with E-state index in [2.05, 4.69) is 17.2 Å². The largest absolute Gasteiger partial charge is 0.339 e. The Morgan fingerprint density at radius 2 is 2.05 bits per heavy atom. The summed E-state index contributed by atoms with van der Waals surface area (Å²) in [4.78, 5) is 25.3. The number of nitrogens with one attached hydrogen (secondary N) is 2. The Kier molecular flexibility index (Phi) is 5.60. The Morgan fingerprint density at radius 3 is 2.60 bits per heavy atom. The molecule has 0 aromatic carbocycles. The number of carbonyl (C=O) groups is 2. The monoisotopic (exact) mass is 281 g/mol. The predicted molar refractivity (Wildman–Crippen MR) is 80.4 cm³/mol. The van der Waals surface area contributed by atoms with Crippen LogP contribution in [0.25, 0.3) is 0 Å². The van der Waals surface area contributed by atoms with Gasteiger partial charge in [0.25, 0.3) is 0 Å². The van der Waals surface area contributed by atoms with Crippen molar-refractivity contribution >= 4 is 11.9 Å². The lowest BCUT2D eigenvalue weighted by atomic mass is 9.91. The van der Waals surface area contributed by atoms with Gasteiger partial charge in [-0.2, -0.15) is 0 Å². The SMILES string of the molecule is C=CC(=O)N1CCC[C@@H]([C@H](C)NC(=O)NC(C)(C)C)C1. The van der Waals surface area contributed by atoms with Gasteiger partial charge in [-0.25, -0.2) is 4.79 Å². The molecule has 0 unspecified atom stereocenters. The van der Waals surface area contributed by atoms with Crippen LogP contribution in [-0.4, -0.2) is 41.5 Å². The van der Waals surface area contributed by atoms with Gasteiger partial charge in [0, 0.05) is 24.7 Å². The zero-order valence-corrected chi connectivity index (χ0v) is 13.0. The Morgan fingerprint density at radius 1 is 1.40 bits per heavy atom. The number of hydrogen-bond donors (Lipinski definition) is 2. The van der Waals surface area contributed by atoms with Crippen molar-refractivity contribution in [2.45, 2.75) is 52.1 Å². The van der Waals surface area contributed by atoms with Gasteiger partial charge in [-0.15, -0.1) is 0 Å². The second-order valence-corrected chi connectivity index (χ2v) is 6.53. The molecule has 1 aliphatic heterocycles. The number of hydrogen-bond acceptors (Lipinski definition) is 2.